The van der Waals surface area contributed by atoms with Crippen molar-refractivity contribution in [1.82, 2.24) is 9.55 Å². The number of halogens is 1. The average Bonchev–Trinajstić information content (AvgIpc) is 2.84. The second-order valence-electron chi connectivity index (χ2n) is 4.54. The number of benzene rings is 1. The molecule has 100 valence electrons. The van der Waals surface area contributed by atoms with Crippen LogP contribution in [0.2, 0.25) is 0 Å². The van der Waals surface area contributed by atoms with E-state index in [4.69, 9.17) is 0 Å². The summed E-state index contributed by atoms with van der Waals surface area (Å²) < 4.78 is 14.9. The van der Waals surface area contributed by atoms with Crippen LogP contribution in [0.25, 0.3) is 16.6 Å². The van der Waals surface area contributed by atoms with Gasteiger partial charge in [0.2, 0.25) is 0 Å². The lowest BCUT2D eigenvalue weighted by atomic mass is 10.1. The van der Waals surface area contributed by atoms with E-state index in [2.05, 4.69) is 4.98 Å². The van der Waals surface area contributed by atoms with Crippen molar-refractivity contribution in [2.75, 3.05) is 0 Å². The molecule has 4 nitrogen and oxygen atoms in total. The normalized spacial score (nSPS) is 10.9. The number of fused-ring (bicyclic) bond motifs is 1. The fourth-order valence-electron chi connectivity index (χ4n) is 2.30. The highest BCUT2D eigenvalue weighted by molar-refractivity contribution is 5.93. The van der Waals surface area contributed by atoms with Gasteiger partial charge in [-0.05, 0) is 36.8 Å². The smallest absolute Gasteiger partial charge is 0.337 e. The minimum Gasteiger partial charge on any atom is -0.478 e. The minimum atomic E-state index is -1.16. The number of carboxylic acid groups (broad SMARTS) is 1. The summed E-state index contributed by atoms with van der Waals surface area (Å²) in [5, 5.41) is 10.2. The second-order valence-corrected chi connectivity index (χ2v) is 4.54. The number of hydrogen-bond donors (Lipinski definition) is 1. The van der Waals surface area contributed by atoms with Crippen molar-refractivity contribution in [2.24, 2.45) is 0 Å². The van der Waals surface area contributed by atoms with Crippen LogP contribution in [0.1, 0.15) is 15.9 Å². The van der Waals surface area contributed by atoms with Crippen LogP contribution in [-0.4, -0.2) is 20.6 Å². The van der Waals surface area contributed by atoms with Crippen molar-refractivity contribution in [3.05, 3.63) is 59.8 Å². The highest BCUT2D eigenvalue weighted by Gasteiger charge is 2.15. The summed E-state index contributed by atoms with van der Waals surface area (Å²) in [5.41, 5.74) is 2.13. The van der Waals surface area contributed by atoms with Crippen LogP contribution in [0.4, 0.5) is 4.39 Å². The predicted molar refractivity (Wildman–Crippen MR) is 72.7 cm³/mol. The van der Waals surface area contributed by atoms with Gasteiger partial charge in [0, 0.05) is 17.8 Å². The minimum absolute atomic E-state index is 0.0796. The fourth-order valence-corrected chi connectivity index (χ4v) is 2.30. The van der Waals surface area contributed by atoms with Crippen molar-refractivity contribution < 1.29 is 14.3 Å². The molecule has 0 aliphatic carbocycles. The number of aryl methyl sites for hydroxylation is 1. The third-order valence-electron chi connectivity index (χ3n) is 3.26. The highest BCUT2D eigenvalue weighted by Crippen LogP contribution is 2.24. The van der Waals surface area contributed by atoms with E-state index in [1.54, 1.807) is 23.2 Å². The van der Waals surface area contributed by atoms with Gasteiger partial charge in [0.1, 0.15) is 5.82 Å². The van der Waals surface area contributed by atoms with Crippen LogP contribution in [0.5, 0.6) is 0 Å². The first-order chi connectivity index (χ1) is 9.58. The van der Waals surface area contributed by atoms with Gasteiger partial charge in [-0.15, -0.1) is 0 Å². The van der Waals surface area contributed by atoms with E-state index in [0.717, 1.165) is 22.5 Å². The van der Waals surface area contributed by atoms with Gasteiger partial charge < -0.3 is 9.67 Å². The van der Waals surface area contributed by atoms with E-state index < -0.39 is 11.8 Å². The maximum atomic E-state index is 13.2. The molecule has 5 heteroatoms. The Labute approximate surface area is 114 Å². The van der Waals surface area contributed by atoms with E-state index in [1.165, 1.54) is 12.1 Å². The molecular weight excluding hydrogens is 259 g/mol. The average molecular weight is 270 g/mol. The Morgan fingerprint density at radius 1 is 1.30 bits per heavy atom. The van der Waals surface area contributed by atoms with Gasteiger partial charge in [0.15, 0.2) is 0 Å². The largest absolute Gasteiger partial charge is 0.478 e. The second kappa shape index (κ2) is 4.45. The molecule has 20 heavy (non-hydrogen) atoms. The van der Waals surface area contributed by atoms with Crippen LogP contribution in [0, 0.1) is 12.7 Å². The summed E-state index contributed by atoms with van der Waals surface area (Å²) in [6.07, 6.45) is 5.17. The van der Waals surface area contributed by atoms with Crippen molar-refractivity contribution in [3.63, 3.8) is 0 Å². The highest BCUT2D eigenvalue weighted by atomic mass is 19.1. The maximum Gasteiger partial charge on any atom is 0.337 e. The first kappa shape index (κ1) is 12.3. The Balaban J connectivity index is 2.31. The molecule has 0 atom stereocenters. The molecule has 2 aromatic heterocycles. The number of pyridine rings is 1. The van der Waals surface area contributed by atoms with Gasteiger partial charge in [-0.1, -0.05) is 0 Å². The number of aromatic carboxylic acids is 1. The van der Waals surface area contributed by atoms with Gasteiger partial charge in [-0.25, -0.2) is 9.18 Å². The fraction of sp³-hybridized carbons (Fsp3) is 0.0667. The standard InChI is InChI=1S/C15H11FN2O2/c1-9-7-17-8-14-11(9)4-5-18(14)13-3-2-10(16)6-12(13)15(19)20/h2-8H,1H3,(H,19,20). The van der Waals surface area contributed by atoms with Crippen molar-refractivity contribution in [1.29, 1.82) is 0 Å². The van der Waals surface area contributed by atoms with Gasteiger partial charge in [0.05, 0.1) is 23.0 Å². The maximum absolute atomic E-state index is 13.2. The first-order valence-electron chi connectivity index (χ1n) is 6.03. The van der Waals surface area contributed by atoms with Crippen molar-refractivity contribution >= 4 is 16.9 Å². The van der Waals surface area contributed by atoms with Gasteiger partial charge in [0.25, 0.3) is 0 Å². The number of nitrogens with zero attached hydrogens (tertiary/aromatic N) is 2. The zero-order valence-corrected chi connectivity index (χ0v) is 10.7. The Bertz CT molecular complexity index is 824. The third kappa shape index (κ3) is 1.84. The number of carboxylic acids is 1. The lowest BCUT2D eigenvalue weighted by Crippen LogP contribution is -2.05. The van der Waals surface area contributed by atoms with Crippen molar-refractivity contribution in [3.8, 4) is 5.69 Å². The monoisotopic (exact) mass is 270 g/mol. The molecule has 1 N–H and O–H groups in total. The number of aromatic nitrogens is 2. The number of rotatable bonds is 2. The van der Waals surface area contributed by atoms with Crippen LogP contribution in [0.15, 0.2) is 42.9 Å². The van der Waals surface area contributed by atoms with Crippen LogP contribution in [0.3, 0.4) is 0 Å². The Morgan fingerprint density at radius 2 is 2.10 bits per heavy atom. The molecule has 0 bridgehead atoms. The molecule has 0 aliphatic rings. The summed E-state index contributed by atoms with van der Waals surface area (Å²) >= 11 is 0. The first-order valence-corrected chi connectivity index (χ1v) is 6.03. The molecule has 1 aromatic carbocycles. The van der Waals surface area contributed by atoms with Gasteiger partial charge in [-0.2, -0.15) is 0 Å². The summed E-state index contributed by atoms with van der Waals surface area (Å²) in [6.45, 7) is 1.93. The van der Waals surface area contributed by atoms with Crippen LogP contribution < -0.4 is 0 Å². The summed E-state index contributed by atoms with van der Waals surface area (Å²) in [6, 6.07) is 5.62. The van der Waals surface area contributed by atoms with Gasteiger partial charge in [-0.3, -0.25) is 4.98 Å². The Hall–Kier alpha value is -2.69. The molecular formula is C15H11FN2O2. The molecule has 2 heterocycles. The molecule has 0 fully saturated rings. The van der Waals surface area contributed by atoms with E-state index in [0.29, 0.717) is 5.69 Å². The summed E-state index contributed by atoms with van der Waals surface area (Å²) in [4.78, 5) is 15.4. The molecule has 3 rings (SSSR count). The van der Waals surface area contributed by atoms with E-state index >= 15 is 0 Å². The van der Waals surface area contributed by atoms with E-state index in [1.807, 2.05) is 13.0 Å². The quantitative estimate of drug-likeness (QED) is 0.778. The summed E-state index contributed by atoms with van der Waals surface area (Å²) in [5.74, 6) is -1.74. The lowest BCUT2D eigenvalue weighted by molar-refractivity contribution is 0.0696. The Morgan fingerprint density at radius 3 is 2.85 bits per heavy atom. The Kier molecular flexibility index (Phi) is 2.75. The predicted octanol–water partition coefficient (Wildman–Crippen LogP) is 3.17. The van der Waals surface area contributed by atoms with E-state index in [9.17, 15) is 14.3 Å². The number of carbonyl (C=O) groups is 1. The summed E-state index contributed by atoms with van der Waals surface area (Å²) in [7, 11) is 0. The molecule has 0 unspecified atom stereocenters. The van der Waals surface area contributed by atoms with Gasteiger partial charge >= 0.3 is 5.97 Å². The van der Waals surface area contributed by atoms with Crippen molar-refractivity contribution in [2.45, 2.75) is 6.92 Å². The molecule has 0 spiro atoms. The lowest BCUT2D eigenvalue weighted by Gasteiger charge is -2.09. The zero-order valence-electron chi connectivity index (χ0n) is 10.7. The van der Waals surface area contributed by atoms with Crippen LogP contribution in [-0.2, 0) is 0 Å². The number of hydrogen-bond acceptors (Lipinski definition) is 2. The molecule has 0 amide bonds. The molecule has 0 aliphatic heterocycles. The molecule has 0 radical (unpaired) electrons. The SMILES string of the molecule is Cc1cncc2c1ccn2-c1ccc(F)cc1C(=O)O. The van der Waals surface area contributed by atoms with E-state index in [-0.39, 0.29) is 5.56 Å². The molecule has 3 aromatic rings. The molecule has 0 saturated heterocycles. The third-order valence-corrected chi connectivity index (χ3v) is 3.26. The van der Waals surface area contributed by atoms with Crippen LogP contribution >= 0.6 is 0 Å². The zero-order chi connectivity index (χ0) is 14.3. The topological polar surface area (TPSA) is 55.1 Å². The molecule has 0 saturated carbocycles.